The molecule has 1 atom stereocenters. The van der Waals surface area contributed by atoms with E-state index >= 15 is 0 Å². The van der Waals surface area contributed by atoms with Crippen molar-refractivity contribution in [1.29, 1.82) is 0 Å². The van der Waals surface area contributed by atoms with Crippen LogP contribution >= 0.6 is 0 Å². The third kappa shape index (κ3) is 4.89. The lowest BCUT2D eigenvalue weighted by atomic mass is 10.2. The van der Waals surface area contributed by atoms with Gasteiger partial charge >= 0.3 is 0 Å². The molecule has 0 bridgehead atoms. The molecular weight excluding hydrogens is 242 g/mol. The monoisotopic (exact) mass is 265 g/mol. The van der Waals surface area contributed by atoms with Crippen LogP contribution in [0.15, 0.2) is 0 Å². The SMILES string of the molecule is COCC(CN)NS(=O)(=O)N1CCCCCC1. The molecule has 0 spiro atoms. The van der Waals surface area contributed by atoms with Gasteiger partial charge in [0.2, 0.25) is 0 Å². The molecule has 1 fully saturated rings. The summed E-state index contributed by atoms with van der Waals surface area (Å²) in [4.78, 5) is 0. The highest BCUT2D eigenvalue weighted by Crippen LogP contribution is 2.12. The largest absolute Gasteiger partial charge is 0.383 e. The van der Waals surface area contributed by atoms with Gasteiger partial charge in [-0.3, -0.25) is 0 Å². The number of rotatable bonds is 6. The van der Waals surface area contributed by atoms with E-state index < -0.39 is 10.2 Å². The van der Waals surface area contributed by atoms with Crippen molar-refractivity contribution in [2.24, 2.45) is 5.73 Å². The Kier molecular flexibility index (Phi) is 6.35. The molecule has 6 nitrogen and oxygen atoms in total. The molecular formula is C10H23N3O3S. The summed E-state index contributed by atoms with van der Waals surface area (Å²) < 4.78 is 33.2. The maximum absolute atomic E-state index is 12.1. The van der Waals surface area contributed by atoms with E-state index in [1.807, 2.05) is 0 Å². The molecule has 0 aromatic rings. The van der Waals surface area contributed by atoms with Gasteiger partial charge in [-0.05, 0) is 12.8 Å². The molecule has 1 aliphatic heterocycles. The van der Waals surface area contributed by atoms with Crippen LogP contribution in [0.3, 0.4) is 0 Å². The Hall–Kier alpha value is -0.210. The van der Waals surface area contributed by atoms with Crippen LogP contribution in [-0.4, -0.2) is 52.1 Å². The predicted octanol–water partition coefficient (Wildman–Crippen LogP) is -0.329. The van der Waals surface area contributed by atoms with Crippen LogP contribution in [0.4, 0.5) is 0 Å². The molecule has 0 aromatic carbocycles. The van der Waals surface area contributed by atoms with Crippen LogP contribution in [0.1, 0.15) is 25.7 Å². The van der Waals surface area contributed by atoms with E-state index in [-0.39, 0.29) is 12.6 Å². The molecule has 0 amide bonds. The van der Waals surface area contributed by atoms with Gasteiger partial charge in [-0.2, -0.15) is 17.4 Å². The fourth-order valence-corrected chi connectivity index (χ4v) is 3.39. The Labute approximate surface area is 104 Å². The fourth-order valence-electron chi connectivity index (χ4n) is 1.92. The van der Waals surface area contributed by atoms with E-state index in [4.69, 9.17) is 10.5 Å². The number of hydrogen-bond donors (Lipinski definition) is 2. The highest BCUT2D eigenvalue weighted by atomic mass is 32.2. The van der Waals surface area contributed by atoms with Gasteiger partial charge in [-0.1, -0.05) is 12.8 Å². The molecule has 1 unspecified atom stereocenters. The van der Waals surface area contributed by atoms with Crippen molar-refractivity contribution in [1.82, 2.24) is 9.03 Å². The lowest BCUT2D eigenvalue weighted by Gasteiger charge is -2.23. The maximum Gasteiger partial charge on any atom is 0.279 e. The standard InChI is InChI=1S/C10H23N3O3S/c1-16-9-10(8-11)12-17(14,15)13-6-4-2-3-5-7-13/h10,12H,2-9,11H2,1H3. The van der Waals surface area contributed by atoms with Crippen molar-refractivity contribution in [2.45, 2.75) is 31.7 Å². The number of nitrogens with one attached hydrogen (secondary N) is 1. The van der Waals surface area contributed by atoms with Gasteiger partial charge in [0.05, 0.1) is 12.6 Å². The molecule has 0 saturated carbocycles. The van der Waals surface area contributed by atoms with E-state index in [0.717, 1.165) is 25.7 Å². The van der Waals surface area contributed by atoms with Crippen LogP contribution in [0.5, 0.6) is 0 Å². The quantitative estimate of drug-likeness (QED) is 0.689. The van der Waals surface area contributed by atoms with Gasteiger partial charge < -0.3 is 10.5 Å². The van der Waals surface area contributed by atoms with Crippen molar-refractivity contribution < 1.29 is 13.2 Å². The van der Waals surface area contributed by atoms with Crippen molar-refractivity contribution in [2.75, 3.05) is 33.4 Å². The minimum Gasteiger partial charge on any atom is -0.383 e. The summed E-state index contributed by atoms with van der Waals surface area (Å²) in [5.41, 5.74) is 5.50. The molecule has 1 saturated heterocycles. The first-order chi connectivity index (χ1) is 8.10. The van der Waals surface area contributed by atoms with Crippen molar-refractivity contribution in [3.63, 3.8) is 0 Å². The summed E-state index contributed by atoms with van der Waals surface area (Å²) in [5.74, 6) is 0. The number of methoxy groups -OCH3 is 1. The first-order valence-electron chi connectivity index (χ1n) is 6.06. The minimum absolute atomic E-state index is 0.237. The van der Waals surface area contributed by atoms with Crippen molar-refractivity contribution >= 4 is 10.2 Å². The summed E-state index contributed by atoms with van der Waals surface area (Å²) in [6.07, 6.45) is 4.06. The second-order valence-electron chi connectivity index (χ2n) is 4.32. The fraction of sp³-hybridized carbons (Fsp3) is 1.00. The first-order valence-corrected chi connectivity index (χ1v) is 7.50. The molecule has 102 valence electrons. The average molecular weight is 265 g/mol. The molecule has 17 heavy (non-hydrogen) atoms. The van der Waals surface area contributed by atoms with Gasteiger partial charge in [0.15, 0.2) is 0 Å². The van der Waals surface area contributed by atoms with Crippen LogP contribution in [0, 0.1) is 0 Å². The Morgan fingerprint density at radius 3 is 2.35 bits per heavy atom. The van der Waals surface area contributed by atoms with Gasteiger partial charge in [0, 0.05) is 26.7 Å². The Balaban J connectivity index is 2.58. The lowest BCUT2D eigenvalue weighted by molar-refractivity contribution is 0.176. The molecule has 1 rings (SSSR count). The van der Waals surface area contributed by atoms with Gasteiger partial charge in [-0.15, -0.1) is 0 Å². The van der Waals surface area contributed by atoms with Gasteiger partial charge in [0.1, 0.15) is 0 Å². The number of ether oxygens (including phenoxy) is 1. The zero-order chi connectivity index (χ0) is 12.7. The Bertz CT molecular complexity index is 300. The number of nitrogens with two attached hydrogens (primary N) is 1. The van der Waals surface area contributed by atoms with Crippen LogP contribution in [0.25, 0.3) is 0 Å². The molecule has 0 radical (unpaired) electrons. The smallest absolute Gasteiger partial charge is 0.279 e. The average Bonchev–Trinajstić information content (AvgIpc) is 2.57. The maximum atomic E-state index is 12.1. The lowest BCUT2D eigenvalue weighted by Crippen LogP contribution is -2.49. The number of hydrogen-bond acceptors (Lipinski definition) is 4. The summed E-state index contributed by atoms with van der Waals surface area (Å²) in [6, 6.07) is -0.353. The normalized spacial score (nSPS) is 21.1. The minimum atomic E-state index is -3.42. The third-order valence-electron chi connectivity index (χ3n) is 2.87. The van der Waals surface area contributed by atoms with E-state index in [1.54, 1.807) is 0 Å². The van der Waals surface area contributed by atoms with E-state index in [2.05, 4.69) is 4.72 Å². The summed E-state index contributed by atoms with van der Waals surface area (Å²) in [5, 5.41) is 0. The van der Waals surface area contributed by atoms with E-state index in [9.17, 15) is 8.42 Å². The topological polar surface area (TPSA) is 84.7 Å². The third-order valence-corrected chi connectivity index (χ3v) is 4.55. The van der Waals surface area contributed by atoms with Crippen LogP contribution < -0.4 is 10.5 Å². The highest BCUT2D eigenvalue weighted by molar-refractivity contribution is 7.87. The molecule has 1 aliphatic rings. The van der Waals surface area contributed by atoms with Crippen LogP contribution in [-0.2, 0) is 14.9 Å². The molecule has 0 aliphatic carbocycles. The first kappa shape index (κ1) is 14.8. The highest BCUT2D eigenvalue weighted by Gasteiger charge is 2.25. The Morgan fingerprint density at radius 2 is 1.88 bits per heavy atom. The van der Waals surface area contributed by atoms with Crippen molar-refractivity contribution in [3.8, 4) is 0 Å². The van der Waals surface area contributed by atoms with E-state index in [1.165, 1.54) is 11.4 Å². The van der Waals surface area contributed by atoms with Gasteiger partial charge in [0.25, 0.3) is 10.2 Å². The second kappa shape index (κ2) is 7.27. The molecule has 0 aromatic heterocycles. The summed E-state index contributed by atoms with van der Waals surface area (Å²) >= 11 is 0. The number of nitrogens with zero attached hydrogens (tertiary/aromatic N) is 1. The second-order valence-corrected chi connectivity index (χ2v) is 6.03. The zero-order valence-electron chi connectivity index (χ0n) is 10.4. The molecule has 3 N–H and O–H groups in total. The predicted molar refractivity (Wildman–Crippen MR) is 66.8 cm³/mol. The Morgan fingerprint density at radius 1 is 1.29 bits per heavy atom. The van der Waals surface area contributed by atoms with E-state index in [0.29, 0.717) is 19.7 Å². The molecule has 7 heteroatoms. The molecule has 1 heterocycles. The van der Waals surface area contributed by atoms with Crippen molar-refractivity contribution in [3.05, 3.63) is 0 Å². The summed E-state index contributed by atoms with van der Waals surface area (Å²) in [6.45, 7) is 1.73. The zero-order valence-corrected chi connectivity index (χ0v) is 11.2. The summed E-state index contributed by atoms with van der Waals surface area (Å²) in [7, 11) is -1.89. The van der Waals surface area contributed by atoms with Gasteiger partial charge in [-0.25, -0.2) is 0 Å². The van der Waals surface area contributed by atoms with Crippen LogP contribution in [0.2, 0.25) is 0 Å².